The van der Waals surface area contributed by atoms with Crippen LogP contribution < -0.4 is 11.1 Å². The molecule has 0 aliphatic rings. The molecule has 0 unspecified atom stereocenters. The van der Waals surface area contributed by atoms with E-state index in [9.17, 15) is 4.79 Å². The Bertz CT molecular complexity index is 707. The predicted molar refractivity (Wildman–Crippen MR) is 88.8 cm³/mol. The second-order valence-electron chi connectivity index (χ2n) is 4.59. The van der Waals surface area contributed by atoms with Crippen LogP contribution in [-0.4, -0.2) is 12.5 Å². The molecular formula is C17H18N2OS. The van der Waals surface area contributed by atoms with Crippen LogP contribution in [0.3, 0.4) is 0 Å². The number of amides is 1. The molecule has 2 rings (SSSR count). The second kappa shape index (κ2) is 7.07. The molecule has 0 atom stereocenters. The van der Waals surface area contributed by atoms with E-state index in [1.807, 2.05) is 31.2 Å². The lowest BCUT2D eigenvalue weighted by Gasteiger charge is -2.12. The first kappa shape index (κ1) is 15.3. The van der Waals surface area contributed by atoms with E-state index in [-0.39, 0.29) is 5.91 Å². The van der Waals surface area contributed by atoms with Crippen molar-refractivity contribution in [3.8, 4) is 11.8 Å². The molecule has 0 aliphatic carbocycles. The van der Waals surface area contributed by atoms with E-state index in [2.05, 4.69) is 24.1 Å². The van der Waals surface area contributed by atoms with E-state index >= 15 is 0 Å². The molecule has 0 spiro atoms. The Hall–Kier alpha value is -2.09. The zero-order valence-electron chi connectivity index (χ0n) is 12.2. The van der Waals surface area contributed by atoms with E-state index in [0.29, 0.717) is 11.4 Å². The van der Waals surface area contributed by atoms with Crippen molar-refractivity contribution < 1.29 is 4.79 Å². The second-order valence-corrected chi connectivity index (χ2v) is 5.67. The minimum absolute atomic E-state index is 0.0928. The van der Waals surface area contributed by atoms with Crippen molar-refractivity contribution in [1.29, 1.82) is 0 Å². The lowest BCUT2D eigenvalue weighted by molar-refractivity contribution is 0.103. The minimum Gasteiger partial charge on any atom is -0.321 e. The molecule has 1 heterocycles. The van der Waals surface area contributed by atoms with E-state index in [4.69, 9.17) is 5.73 Å². The monoisotopic (exact) mass is 298 g/mol. The van der Waals surface area contributed by atoms with Gasteiger partial charge in [-0.2, -0.15) is 0 Å². The predicted octanol–water partition coefficient (Wildman–Crippen LogP) is 3.18. The van der Waals surface area contributed by atoms with Crippen LogP contribution in [0.25, 0.3) is 0 Å². The maximum Gasteiger partial charge on any atom is 0.265 e. The molecule has 3 nitrogen and oxygen atoms in total. The van der Waals surface area contributed by atoms with Gasteiger partial charge in [-0.15, -0.1) is 11.3 Å². The highest BCUT2D eigenvalue weighted by atomic mass is 32.1. The molecule has 0 fully saturated rings. The first-order valence-corrected chi connectivity index (χ1v) is 7.66. The summed E-state index contributed by atoms with van der Waals surface area (Å²) < 4.78 is 0. The largest absolute Gasteiger partial charge is 0.321 e. The Morgan fingerprint density at radius 3 is 2.86 bits per heavy atom. The maximum atomic E-state index is 12.3. The molecular weight excluding hydrogens is 280 g/mol. The third-order valence-corrected chi connectivity index (χ3v) is 4.12. The topological polar surface area (TPSA) is 55.1 Å². The van der Waals surface area contributed by atoms with Gasteiger partial charge in [-0.25, -0.2) is 0 Å². The number of anilines is 1. The molecule has 1 aromatic heterocycles. The number of rotatable bonds is 3. The van der Waals surface area contributed by atoms with Gasteiger partial charge in [-0.05, 0) is 36.6 Å². The van der Waals surface area contributed by atoms with Gasteiger partial charge >= 0.3 is 0 Å². The fourth-order valence-corrected chi connectivity index (χ4v) is 2.82. The standard InChI is InChI=1S/C17H18N2OS/c1-3-13-7-4-6-12(2)16(13)19-17(20)15-10-9-14(21-15)8-5-11-18/h4,6-7,9-10H,3,11,18H2,1-2H3,(H,19,20). The number of hydrogen-bond acceptors (Lipinski definition) is 3. The number of aryl methyl sites for hydroxylation is 2. The summed E-state index contributed by atoms with van der Waals surface area (Å²) in [6.07, 6.45) is 0.884. The van der Waals surface area contributed by atoms with E-state index in [0.717, 1.165) is 28.1 Å². The highest BCUT2D eigenvalue weighted by Crippen LogP contribution is 2.23. The summed E-state index contributed by atoms with van der Waals surface area (Å²) in [6, 6.07) is 9.69. The SMILES string of the molecule is CCc1cccc(C)c1NC(=O)c1ccc(C#CCN)s1. The Morgan fingerprint density at radius 2 is 2.14 bits per heavy atom. The fourth-order valence-electron chi connectivity index (χ4n) is 2.04. The Morgan fingerprint density at radius 1 is 1.33 bits per heavy atom. The minimum atomic E-state index is -0.0928. The molecule has 0 radical (unpaired) electrons. The third kappa shape index (κ3) is 3.72. The summed E-state index contributed by atoms with van der Waals surface area (Å²) in [5.41, 5.74) is 8.47. The van der Waals surface area contributed by atoms with Gasteiger partial charge in [0.2, 0.25) is 0 Å². The molecule has 0 aliphatic heterocycles. The summed E-state index contributed by atoms with van der Waals surface area (Å²) in [6.45, 7) is 4.40. The summed E-state index contributed by atoms with van der Waals surface area (Å²) >= 11 is 1.38. The molecule has 21 heavy (non-hydrogen) atoms. The number of para-hydroxylation sites is 1. The molecule has 3 N–H and O–H groups in total. The van der Waals surface area contributed by atoms with Gasteiger partial charge in [-0.1, -0.05) is 37.0 Å². The van der Waals surface area contributed by atoms with Crippen LogP contribution in [0, 0.1) is 18.8 Å². The average Bonchev–Trinajstić information content (AvgIpc) is 2.96. The van der Waals surface area contributed by atoms with Gasteiger partial charge < -0.3 is 11.1 Å². The van der Waals surface area contributed by atoms with E-state index in [1.54, 1.807) is 6.07 Å². The van der Waals surface area contributed by atoms with Gasteiger partial charge in [0.05, 0.1) is 16.3 Å². The molecule has 1 amide bonds. The zero-order valence-corrected chi connectivity index (χ0v) is 13.0. The fraction of sp³-hybridized carbons (Fsp3) is 0.235. The van der Waals surface area contributed by atoms with Crippen molar-refractivity contribution >= 4 is 22.9 Å². The number of carbonyl (C=O) groups is 1. The van der Waals surface area contributed by atoms with Gasteiger partial charge in [0.15, 0.2) is 0 Å². The molecule has 1 aromatic carbocycles. The third-order valence-electron chi connectivity index (χ3n) is 3.12. The molecule has 0 saturated carbocycles. The molecule has 0 saturated heterocycles. The van der Waals surface area contributed by atoms with Crippen molar-refractivity contribution in [2.75, 3.05) is 11.9 Å². The number of carbonyl (C=O) groups excluding carboxylic acids is 1. The lowest BCUT2D eigenvalue weighted by atomic mass is 10.1. The van der Waals surface area contributed by atoms with Gasteiger partial charge in [0, 0.05) is 5.69 Å². The smallest absolute Gasteiger partial charge is 0.265 e. The maximum absolute atomic E-state index is 12.3. The Balaban J connectivity index is 2.20. The first-order valence-electron chi connectivity index (χ1n) is 6.84. The number of nitrogens with two attached hydrogens (primary N) is 1. The van der Waals surface area contributed by atoms with Gasteiger partial charge in [0.1, 0.15) is 0 Å². The van der Waals surface area contributed by atoms with Crippen LogP contribution in [0.15, 0.2) is 30.3 Å². The highest BCUT2D eigenvalue weighted by Gasteiger charge is 2.12. The Kier molecular flexibility index (Phi) is 5.15. The van der Waals surface area contributed by atoms with Crippen molar-refractivity contribution in [2.24, 2.45) is 5.73 Å². The number of nitrogens with one attached hydrogen (secondary N) is 1. The van der Waals surface area contributed by atoms with E-state index in [1.165, 1.54) is 11.3 Å². The summed E-state index contributed by atoms with van der Waals surface area (Å²) in [4.78, 5) is 13.9. The number of benzene rings is 1. The highest BCUT2D eigenvalue weighted by molar-refractivity contribution is 7.14. The van der Waals surface area contributed by atoms with Gasteiger partial charge in [0.25, 0.3) is 5.91 Å². The Labute approximate surface area is 129 Å². The van der Waals surface area contributed by atoms with Crippen LogP contribution in [0.1, 0.15) is 32.6 Å². The normalized spacial score (nSPS) is 9.86. The zero-order chi connectivity index (χ0) is 15.2. The molecule has 0 bridgehead atoms. The van der Waals surface area contributed by atoms with Crippen molar-refractivity contribution in [1.82, 2.24) is 0 Å². The lowest BCUT2D eigenvalue weighted by Crippen LogP contribution is -2.12. The van der Waals surface area contributed by atoms with Gasteiger partial charge in [-0.3, -0.25) is 4.79 Å². The summed E-state index contributed by atoms with van der Waals surface area (Å²) in [5, 5.41) is 3.01. The van der Waals surface area contributed by atoms with Crippen molar-refractivity contribution in [3.05, 3.63) is 51.2 Å². The number of hydrogen-bond donors (Lipinski definition) is 2. The van der Waals surface area contributed by atoms with Crippen LogP contribution in [0.5, 0.6) is 0 Å². The van der Waals surface area contributed by atoms with Crippen molar-refractivity contribution in [2.45, 2.75) is 20.3 Å². The van der Waals surface area contributed by atoms with Crippen molar-refractivity contribution in [3.63, 3.8) is 0 Å². The quantitative estimate of drug-likeness (QED) is 0.855. The van der Waals surface area contributed by atoms with Crippen LogP contribution in [0.2, 0.25) is 0 Å². The molecule has 108 valence electrons. The average molecular weight is 298 g/mol. The summed E-state index contributed by atoms with van der Waals surface area (Å²) in [7, 11) is 0. The van der Waals surface area contributed by atoms with Crippen LogP contribution in [-0.2, 0) is 6.42 Å². The summed E-state index contributed by atoms with van der Waals surface area (Å²) in [5.74, 6) is 5.64. The number of thiophene rings is 1. The van der Waals surface area contributed by atoms with Crippen LogP contribution >= 0.6 is 11.3 Å². The first-order chi connectivity index (χ1) is 10.2. The van der Waals surface area contributed by atoms with E-state index < -0.39 is 0 Å². The van der Waals surface area contributed by atoms with Crippen LogP contribution in [0.4, 0.5) is 5.69 Å². The molecule has 4 heteroatoms. The molecule has 2 aromatic rings.